The van der Waals surface area contributed by atoms with E-state index in [2.05, 4.69) is 6.92 Å². The zero-order valence-corrected chi connectivity index (χ0v) is 24.5. The van der Waals surface area contributed by atoms with Crippen LogP contribution in [0, 0.1) is 11.8 Å². The number of unbranched alkanes of at least 4 members (excludes halogenated alkanes) is 6. The Bertz CT molecular complexity index is 754. The Morgan fingerprint density at radius 2 is 1.57 bits per heavy atom. The molecule has 35 heavy (non-hydrogen) atoms. The van der Waals surface area contributed by atoms with E-state index in [0.717, 1.165) is 49.5 Å². The first-order chi connectivity index (χ1) is 16.8. The van der Waals surface area contributed by atoms with Crippen LogP contribution in [0.3, 0.4) is 0 Å². The van der Waals surface area contributed by atoms with E-state index in [1.165, 1.54) is 57.8 Å². The van der Waals surface area contributed by atoms with Crippen LogP contribution < -0.4 is 4.74 Å². The van der Waals surface area contributed by atoms with Crippen molar-refractivity contribution in [3.05, 3.63) is 35.4 Å². The van der Waals surface area contributed by atoms with Crippen LogP contribution in [0.4, 0.5) is 0 Å². The molecule has 0 aromatic heterocycles. The molecule has 1 aliphatic carbocycles. The summed E-state index contributed by atoms with van der Waals surface area (Å²) in [5.74, 6) is 1.57. The standard InChI is InChI=1S/C28H43Cl3O3Si/c1-2-3-4-7-10-23-12-14-25(15-13-23)22-34-27-18-16-24(17-19-27)21-26(28(32)33)11-8-5-6-9-20-35(29,30)31/h16-19,21,23,25H,2-15,20,22H2,1H3,(H,32,33)/b26-21+. The molecule has 0 bridgehead atoms. The summed E-state index contributed by atoms with van der Waals surface area (Å²) in [7, 11) is 0. The van der Waals surface area contributed by atoms with E-state index < -0.39 is 12.0 Å². The summed E-state index contributed by atoms with van der Waals surface area (Å²) in [6.45, 7) is 3.05. The number of carboxylic acids is 1. The molecule has 0 radical (unpaired) electrons. The van der Waals surface area contributed by atoms with Crippen LogP contribution >= 0.6 is 33.2 Å². The smallest absolute Gasteiger partial charge is 0.341 e. The number of hydrogen-bond acceptors (Lipinski definition) is 2. The van der Waals surface area contributed by atoms with E-state index >= 15 is 0 Å². The van der Waals surface area contributed by atoms with Gasteiger partial charge in [0.25, 0.3) is 0 Å². The second kappa shape index (κ2) is 16.9. The fourth-order valence-electron chi connectivity index (χ4n) is 4.86. The lowest BCUT2D eigenvalue weighted by atomic mass is 9.80. The fraction of sp³-hybridized carbons (Fsp3) is 0.679. The molecular formula is C28H43Cl3O3Si. The van der Waals surface area contributed by atoms with E-state index in [1.54, 1.807) is 6.08 Å². The zero-order valence-electron chi connectivity index (χ0n) is 21.3. The van der Waals surface area contributed by atoms with Crippen molar-refractivity contribution in [2.75, 3.05) is 6.61 Å². The predicted octanol–water partition coefficient (Wildman–Crippen LogP) is 9.92. The molecule has 0 aliphatic heterocycles. The number of carboxylic acid groups (broad SMARTS) is 1. The number of benzene rings is 1. The van der Waals surface area contributed by atoms with Crippen molar-refractivity contribution in [2.45, 2.75) is 103 Å². The quantitative estimate of drug-likeness (QED) is 0.0890. The molecule has 1 fully saturated rings. The maximum atomic E-state index is 11.7. The molecule has 198 valence electrons. The summed E-state index contributed by atoms with van der Waals surface area (Å²) < 4.78 is 6.07. The number of rotatable bonds is 17. The van der Waals surface area contributed by atoms with Crippen molar-refractivity contribution < 1.29 is 14.6 Å². The van der Waals surface area contributed by atoms with Gasteiger partial charge in [0.05, 0.1) is 6.61 Å². The van der Waals surface area contributed by atoms with Gasteiger partial charge in [-0.1, -0.05) is 83.3 Å². The van der Waals surface area contributed by atoms with Gasteiger partial charge in [0, 0.05) is 5.57 Å². The molecule has 0 unspecified atom stereocenters. The Kier molecular flexibility index (Phi) is 14.8. The Balaban J connectivity index is 1.70. The van der Waals surface area contributed by atoms with Crippen molar-refractivity contribution in [3.63, 3.8) is 0 Å². The largest absolute Gasteiger partial charge is 0.493 e. The van der Waals surface area contributed by atoms with Gasteiger partial charge >= 0.3 is 12.0 Å². The second-order valence-corrected chi connectivity index (χ2v) is 19.4. The lowest BCUT2D eigenvalue weighted by molar-refractivity contribution is -0.132. The average molecular weight is 562 g/mol. The maximum absolute atomic E-state index is 11.7. The van der Waals surface area contributed by atoms with Crippen LogP contribution in [0.5, 0.6) is 5.75 Å². The highest BCUT2D eigenvalue weighted by Crippen LogP contribution is 2.32. The molecule has 3 nitrogen and oxygen atoms in total. The highest BCUT2D eigenvalue weighted by atomic mass is 35.8. The Labute approximate surface area is 227 Å². The molecule has 0 atom stereocenters. The number of halogens is 3. The van der Waals surface area contributed by atoms with E-state index in [-0.39, 0.29) is 0 Å². The molecule has 7 heteroatoms. The summed E-state index contributed by atoms with van der Waals surface area (Å²) in [6.07, 6.45) is 18.0. The molecule has 0 spiro atoms. The van der Waals surface area contributed by atoms with Crippen molar-refractivity contribution in [2.24, 2.45) is 11.8 Å². The lowest BCUT2D eigenvalue weighted by Gasteiger charge is -2.28. The van der Waals surface area contributed by atoms with Gasteiger partial charge in [-0.05, 0) is 67.3 Å². The van der Waals surface area contributed by atoms with Crippen LogP contribution in [0.15, 0.2) is 29.8 Å². The SMILES string of the molecule is CCCCCCC1CCC(COc2ccc(/C=C(\CCCCCC[Si](Cl)(Cl)Cl)C(=O)O)cc2)CC1. The summed E-state index contributed by atoms with van der Waals surface area (Å²) in [4.78, 5) is 11.7. The Morgan fingerprint density at radius 3 is 2.20 bits per heavy atom. The van der Waals surface area contributed by atoms with Crippen molar-refractivity contribution in [3.8, 4) is 5.75 Å². The Morgan fingerprint density at radius 1 is 0.943 bits per heavy atom. The average Bonchev–Trinajstić information content (AvgIpc) is 2.82. The van der Waals surface area contributed by atoms with Gasteiger partial charge in [-0.15, -0.1) is 33.2 Å². The van der Waals surface area contributed by atoms with Crippen LogP contribution in [-0.2, 0) is 4.79 Å². The van der Waals surface area contributed by atoms with Crippen LogP contribution in [-0.4, -0.2) is 23.7 Å². The minimum Gasteiger partial charge on any atom is -0.493 e. The highest BCUT2D eigenvalue weighted by molar-refractivity contribution is 7.64. The maximum Gasteiger partial charge on any atom is 0.341 e. The van der Waals surface area contributed by atoms with Gasteiger partial charge in [-0.3, -0.25) is 0 Å². The lowest BCUT2D eigenvalue weighted by Crippen LogP contribution is -2.20. The summed E-state index contributed by atoms with van der Waals surface area (Å²) in [5, 5.41) is 9.58. The molecule has 0 saturated heterocycles. The molecule has 1 aromatic rings. The van der Waals surface area contributed by atoms with Gasteiger partial charge in [0.15, 0.2) is 0 Å². The molecule has 1 saturated carbocycles. The molecule has 1 aromatic carbocycles. The number of carbonyl (C=O) groups is 1. The van der Waals surface area contributed by atoms with Gasteiger partial charge < -0.3 is 9.84 Å². The topological polar surface area (TPSA) is 46.5 Å². The van der Waals surface area contributed by atoms with E-state index in [9.17, 15) is 9.90 Å². The molecule has 2 rings (SSSR count). The highest BCUT2D eigenvalue weighted by Gasteiger charge is 2.23. The van der Waals surface area contributed by atoms with Crippen LogP contribution in [0.2, 0.25) is 6.04 Å². The number of ether oxygens (including phenoxy) is 1. The summed E-state index contributed by atoms with van der Waals surface area (Å²) in [5.41, 5.74) is 1.32. The van der Waals surface area contributed by atoms with Gasteiger partial charge in [0.2, 0.25) is 0 Å². The first-order valence-electron chi connectivity index (χ1n) is 13.5. The molecular weight excluding hydrogens is 519 g/mol. The molecule has 1 aliphatic rings. The normalized spacial score (nSPS) is 19.0. The molecule has 0 heterocycles. The van der Waals surface area contributed by atoms with Crippen molar-refractivity contribution >= 4 is 51.3 Å². The molecule has 1 N–H and O–H groups in total. The van der Waals surface area contributed by atoms with Gasteiger partial charge in [-0.2, -0.15) is 0 Å². The second-order valence-electron chi connectivity index (χ2n) is 10.1. The third-order valence-corrected chi connectivity index (χ3v) is 9.69. The minimum absolute atomic E-state index is 0.431. The van der Waals surface area contributed by atoms with Gasteiger partial charge in [-0.25, -0.2) is 4.79 Å². The van der Waals surface area contributed by atoms with Crippen LogP contribution in [0.25, 0.3) is 6.08 Å². The van der Waals surface area contributed by atoms with Crippen molar-refractivity contribution in [1.29, 1.82) is 0 Å². The van der Waals surface area contributed by atoms with Crippen LogP contribution in [0.1, 0.15) is 102 Å². The minimum atomic E-state index is -2.54. The number of hydrogen-bond donors (Lipinski definition) is 1. The van der Waals surface area contributed by atoms with E-state index in [1.807, 2.05) is 24.3 Å². The predicted molar refractivity (Wildman–Crippen MR) is 153 cm³/mol. The summed E-state index contributed by atoms with van der Waals surface area (Å²) >= 11 is 17.7. The van der Waals surface area contributed by atoms with Gasteiger partial charge in [0.1, 0.15) is 5.75 Å². The molecule has 0 amide bonds. The zero-order chi connectivity index (χ0) is 25.5. The monoisotopic (exact) mass is 560 g/mol. The van der Waals surface area contributed by atoms with E-state index in [4.69, 9.17) is 38.0 Å². The Hall–Kier alpha value is -0.683. The summed E-state index contributed by atoms with van der Waals surface area (Å²) in [6, 6.07) is 5.91. The third kappa shape index (κ3) is 14.0. The van der Waals surface area contributed by atoms with Crippen molar-refractivity contribution in [1.82, 2.24) is 0 Å². The van der Waals surface area contributed by atoms with E-state index in [0.29, 0.717) is 24.0 Å². The third-order valence-electron chi connectivity index (χ3n) is 7.07. The first-order valence-corrected chi connectivity index (χ1v) is 18.7. The first kappa shape index (κ1) is 30.5. The fourth-order valence-corrected chi connectivity index (χ4v) is 6.71. The number of aliphatic carboxylic acids is 1.